The second-order valence-corrected chi connectivity index (χ2v) is 5.87. The van der Waals surface area contributed by atoms with Crippen LogP contribution in [0.1, 0.15) is 15.9 Å². The van der Waals surface area contributed by atoms with Crippen molar-refractivity contribution >= 4 is 50.1 Å². The first kappa shape index (κ1) is 13.5. The molecule has 1 N–H and O–H groups in total. The summed E-state index contributed by atoms with van der Waals surface area (Å²) in [5.41, 5.74) is 2.25. The van der Waals surface area contributed by atoms with Crippen LogP contribution in [-0.2, 0) is 0 Å². The van der Waals surface area contributed by atoms with Crippen LogP contribution in [0.2, 0.25) is 0 Å². The first-order chi connectivity index (χ1) is 8.58. The number of aryl methyl sites for hydroxylation is 1. The average molecular weight is 417 g/mol. The third-order valence-electron chi connectivity index (χ3n) is 2.44. The van der Waals surface area contributed by atoms with Crippen LogP contribution < -0.4 is 5.32 Å². The maximum Gasteiger partial charge on any atom is 0.256 e. The van der Waals surface area contributed by atoms with Crippen molar-refractivity contribution in [3.8, 4) is 0 Å². The normalized spacial score (nSPS) is 10.2. The Morgan fingerprint density at radius 1 is 1.39 bits per heavy atom. The summed E-state index contributed by atoms with van der Waals surface area (Å²) in [7, 11) is 0. The van der Waals surface area contributed by atoms with E-state index in [2.05, 4.69) is 48.8 Å². The van der Waals surface area contributed by atoms with E-state index in [4.69, 9.17) is 0 Å². The summed E-state index contributed by atoms with van der Waals surface area (Å²) in [4.78, 5) is 16.1. The molecule has 18 heavy (non-hydrogen) atoms. The van der Waals surface area contributed by atoms with E-state index in [-0.39, 0.29) is 5.91 Å². The van der Waals surface area contributed by atoms with Crippen LogP contribution in [0.15, 0.2) is 41.1 Å². The third-order valence-corrected chi connectivity index (χ3v) is 3.77. The zero-order valence-electron chi connectivity index (χ0n) is 9.58. The van der Waals surface area contributed by atoms with Crippen molar-refractivity contribution in [2.45, 2.75) is 6.92 Å². The molecular weight excluding hydrogens is 407 g/mol. The highest BCUT2D eigenvalue weighted by Gasteiger charge is 2.10. The van der Waals surface area contributed by atoms with Gasteiger partial charge >= 0.3 is 0 Å². The number of hydrogen-bond acceptors (Lipinski definition) is 2. The molecule has 0 saturated heterocycles. The van der Waals surface area contributed by atoms with Gasteiger partial charge in [-0.1, -0.05) is 0 Å². The van der Waals surface area contributed by atoms with Gasteiger partial charge in [-0.15, -0.1) is 0 Å². The Balaban J connectivity index is 2.24. The van der Waals surface area contributed by atoms with E-state index in [0.29, 0.717) is 5.56 Å². The summed E-state index contributed by atoms with van der Waals surface area (Å²) in [6, 6.07) is 7.49. The molecule has 2 aromatic rings. The number of amides is 1. The van der Waals surface area contributed by atoms with Crippen LogP contribution in [0.5, 0.6) is 0 Å². The molecule has 0 aliphatic rings. The van der Waals surface area contributed by atoms with Gasteiger partial charge in [0.05, 0.1) is 5.69 Å². The van der Waals surface area contributed by atoms with Gasteiger partial charge in [0.2, 0.25) is 0 Å². The number of halogens is 2. The predicted octanol–water partition coefficient (Wildman–Crippen LogP) is 4.01. The first-order valence-electron chi connectivity index (χ1n) is 5.25. The molecule has 0 fully saturated rings. The standard InChI is InChI=1S/C13H10BrIN2O/c1-8-7-16-5-4-10(8)13(18)17-12-3-2-9(15)6-11(12)14/h2-7H,1H3,(H,17,18). The molecule has 1 amide bonds. The number of carbonyl (C=O) groups is 1. The maximum absolute atomic E-state index is 12.1. The summed E-state index contributed by atoms with van der Waals surface area (Å²) in [5, 5.41) is 2.88. The number of carbonyl (C=O) groups excluding carboxylic acids is 1. The lowest BCUT2D eigenvalue weighted by molar-refractivity contribution is 0.102. The number of benzene rings is 1. The minimum absolute atomic E-state index is 0.128. The van der Waals surface area contributed by atoms with Gasteiger partial charge in [0.1, 0.15) is 0 Å². The molecule has 2 rings (SSSR count). The molecule has 0 atom stereocenters. The maximum atomic E-state index is 12.1. The number of rotatable bonds is 2. The van der Waals surface area contributed by atoms with Crippen molar-refractivity contribution in [3.63, 3.8) is 0 Å². The van der Waals surface area contributed by atoms with E-state index in [1.807, 2.05) is 25.1 Å². The molecule has 0 spiro atoms. The molecule has 0 radical (unpaired) electrons. The Morgan fingerprint density at radius 3 is 2.83 bits per heavy atom. The van der Waals surface area contributed by atoms with Crippen LogP contribution in [0.25, 0.3) is 0 Å². The molecule has 1 heterocycles. The second kappa shape index (κ2) is 5.79. The van der Waals surface area contributed by atoms with Crippen LogP contribution in [-0.4, -0.2) is 10.9 Å². The zero-order chi connectivity index (χ0) is 13.1. The van der Waals surface area contributed by atoms with E-state index in [9.17, 15) is 4.79 Å². The number of aromatic nitrogens is 1. The van der Waals surface area contributed by atoms with Crippen molar-refractivity contribution < 1.29 is 4.79 Å². The number of anilines is 1. The molecule has 0 aliphatic heterocycles. The summed E-state index contributed by atoms with van der Waals surface area (Å²) in [5.74, 6) is -0.128. The van der Waals surface area contributed by atoms with Gasteiger partial charge in [0, 0.05) is 26.0 Å². The van der Waals surface area contributed by atoms with Crippen molar-refractivity contribution in [1.82, 2.24) is 4.98 Å². The summed E-state index contributed by atoms with van der Waals surface area (Å²) >= 11 is 5.66. The number of hydrogen-bond donors (Lipinski definition) is 1. The van der Waals surface area contributed by atoms with E-state index in [1.165, 1.54) is 0 Å². The first-order valence-corrected chi connectivity index (χ1v) is 7.12. The van der Waals surface area contributed by atoms with Crippen LogP contribution >= 0.6 is 38.5 Å². The lowest BCUT2D eigenvalue weighted by Gasteiger charge is -2.09. The van der Waals surface area contributed by atoms with E-state index in [1.54, 1.807) is 18.5 Å². The van der Waals surface area contributed by atoms with E-state index >= 15 is 0 Å². The number of pyridine rings is 1. The van der Waals surface area contributed by atoms with Gasteiger partial charge in [0.25, 0.3) is 5.91 Å². The predicted molar refractivity (Wildman–Crippen MR) is 83.8 cm³/mol. The fourth-order valence-electron chi connectivity index (χ4n) is 1.51. The Kier molecular flexibility index (Phi) is 4.34. The molecule has 3 nitrogen and oxygen atoms in total. The monoisotopic (exact) mass is 416 g/mol. The van der Waals surface area contributed by atoms with Crippen LogP contribution in [0.3, 0.4) is 0 Å². The molecule has 0 unspecified atom stereocenters. The van der Waals surface area contributed by atoms with Gasteiger partial charge in [-0.05, 0) is 75.3 Å². The lowest BCUT2D eigenvalue weighted by atomic mass is 10.1. The molecule has 92 valence electrons. The van der Waals surface area contributed by atoms with Crippen molar-refractivity contribution in [2.75, 3.05) is 5.32 Å². The molecule has 0 bridgehead atoms. The molecule has 0 aliphatic carbocycles. The fourth-order valence-corrected chi connectivity index (χ4v) is 2.91. The Morgan fingerprint density at radius 2 is 2.17 bits per heavy atom. The van der Waals surface area contributed by atoms with E-state index in [0.717, 1.165) is 19.3 Å². The van der Waals surface area contributed by atoms with Gasteiger partial charge in [0.15, 0.2) is 0 Å². The van der Waals surface area contributed by atoms with Crippen LogP contribution in [0, 0.1) is 10.5 Å². The molecule has 5 heteroatoms. The largest absolute Gasteiger partial charge is 0.321 e. The molecule has 1 aromatic carbocycles. The Hall–Kier alpha value is -0.950. The summed E-state index contributed by atoms with van der Waals surface area (Å²) in [6.45, 7) is 1.87. The van der Waals surface area contributed by atoms with Gasteiger partial charge < -0.3 is 5.32 Å². The highest BCUT2D eigenvalue weighted by atomic mass is 127. The fraction of sp³-hybridized carbons (Fsp3) is 0.0769. The number of nitrogens with zero attached hydrogens (tertiary/aromatic N) is 1. The Bertz CT molecular complexity index is 601. The summed E-state index contributed by atoms with van der Waals surface area (Å²) < 4.78 is 1.98. The SMILES string of the molecule is Cc1cnccc1C(=O)Nc1ccc(I)cc1Br. The lowest BCUT2D eigenvalue weighted by Crippen LogP contribution is -2.13. The smallest absolute Gasteiger partial charge is 0.256 e. The third kappa shape index (κ3) is 3.08. The Labute approximate surface area is 127 Å². The average Bonchev–Trinajstić information content (AvgIpc) is 2.33. The zero-order valence-corrected chi connectivity index (χ0v) is 13.3. The minimum atomic E-state index is -0.128. The minimum Gasteiger partial charge on any atom is -0.321 e. The summed E-state index contributed by atoms with van der Waals surface area (Å²) in [6.07, 6.45) is 3.29. The highest BCUT2D eigenvalue weighted by Crippen LogP contribution is 2.25. The van der Waals surface area contributed by atoms with Gasteiger partial charge in [-0.3, -0.25) is 9.78 Å². The van der Waals surface area contributed by atoms with E-state index < -0.39 is 0 Å². The number of nitrogens with one attached hydrogen (secondary N) is 1. The molecule has 0 saturated carbocycles. The quantitative estimate of drug-likeness (QED) is 0.751. The topological polar surface area (TPSA) is 42.0 Å². The van der Waals surface area contributed by atoms with Crippen molar-refractivity contribution in [3.05, 3.63) is 55.8 Å². The van der Waals surface area contributed by atoms with Crippen molar-refractivity contribution in [1.29, 1.82) is 0 Å². The van der Waals surface area contributed by atoms with Gasteiger partial charge in [-0.2, -0.15) is 0 Å². The van der Waals surface area contributed by atoms with Crippen molar-refractivity contribution in [2.24, 2.45) is 0 Å². The second-order valence-electron chi connectivity index (χ2n) is 3.77. The van der Waals surface area contributed by atoms with Crippen LogP contribution in [0.4, 0.5) is 5.69 Å². The molecular formula is C13H10BrIN2O. The highest BCUT2D eigenvalue weighted by molar-refractivity contribution is 14.1. The molecule has 1 aromatic heterocycles. The van der Waals surface area contributed by atoms with Gasteiger partial charge in [-0.25, -0.2) is 0 Å².